The maximum absolute atomic E-state index is 14.0. The van der Waals surface area contributed by atoms with Crippen molar-refractivity contribution in [2.45, 2.75) is 32.7 Å². The van der Waals surface area contributed by atoms with Crippen LogP contribution in [0.25, 0.3) is 0 Å². The van der Waals surface area contributed by atoms with E-state index in [1.54, 1.807) is 6.92 Å². The summed E-state index contributed by atoms with van der Waals surface area (Å²) in [6, 6.07) is 2.59. The molecule has 2 nitrogen and oxygen atoms in total. The summed E-state index contributed by atoms with van der Waals surface area (Å²) < 4.78 is 27.6. The van der Waals surface area contributed by atoms with Crippen LogP contribution in [0.1, 0.15) is 25.8 Å². The van der Waals surface area contributed by atoms with Crippen molar-refractivity contribution in [2.24, 2.45) is 0 Å². The van der Waals surface area contributed by atoms with Crippen molar-refractivity contribution in [3.05, 3.63) is 29.3 Å². The van der Waals surface area contributed by atoms with Crippen LogP contribution < -0.4 is 10.2 Å². The SMILES string of the molecule is Cc1cc(F)c(N2CCCNC(C)(C)C2)cc1F. The van der Waals surface area contributed by atoms with E-state index < -0.39 is 0 Å². The second-order valence-electron chi connectivity index (χ2n) is 5.64. The van der Waals surface area contributed by atoms with Gasteiger partial charge in [0.1, 0.15) is 11.6 Å². The molecule has 0 radical (unpaired) electrons. The number of nitrogens with zero attached hydrogens (tertiary/aromatic N) is 1. The van der Waals surface area contributed by atoms with Crippen LogP contribution in [0.4, 0.5) is 14.5 Å². The monoisotopic (exact) mass is 254 g/mol. The summed E-state index contributed by atoms with van der Waals surface area (Å²) in [5.74, 6) is -0.687. The molecule has 18 heavy (non-hydrogen) atoms. The van der Waals surface area contributed by atoms with E-state index in [4.69, 9.17) is 0 Å². The Balaban J connectivity index is 2.32. The first-order chi connectivity index (χ1) is 8.39. The van der Waals surface area contributed by atoms with Crippen molar-refractivity contribution >= 4 is 5.69 Å². The highest BCUT2D eigenvalue weighted by Gasteiger charge is 2.26. The highest BCUT2D eigenvalue weighted by atomic mass is 19.1. The third-order valence-electron chi connectivity index (χ3n) is 3.36. The number of anilines is 1. The van der Waals surface area contributed by atoms with Gasteiger partial charge in [0.25, 0.3) is 0 Å². The highest BCUT2D eigenvalue weighted by Crippen LogP contribution is 2.25. The predicted molar refractivity (Wildman–Crippen MR) is 70.0 cm³/mol. The van der Waals surface area contributed by atoms with Gasteiger partial charge < -0.3 is 10.2 Å². The lowest BCUT2D eigenvalue weighted by atomic mass is 10.0. The van der Waals surface area contributed by atoms with Crippen LogP contribution in [0.5, 0.6) is 0 Å². The molecular formula is C14H20F2N2. The number of hydrogen-bond donors (Lipinski definition) is 1. The van der Waals surface area contributed by atoms with Crippen molar-refractivity contribution in [1.29, 1.82) is 0 Å². The van der Waals surface area contributed by atoms with Gasteiger partial charge in [-0.15, -0.1) is 0 Å². The number of aryl methyl sites for hydroxylation is 1. The normalized spacial score (nSPS) is 19.7. The molecule has 0 atom stereocenters. The summed E-state index contributed by atoms with van der Waals surface area (Å²) in [5.41, 5.74) is 0.628. The van der Waals surface area contributed by atoms with Crippen LogP contribution in [0, 0.1) is 18.6 Å². The van der Waals surface area contributed by atoms with Crippen LogP contribution in [0.2, 0.25) is 0 Å². The molecule has 1 aromatic carbocycles. The van der Waals surface area contributed by atoms with E-state index in [-0.39, 0.29) is 17.2 Å². The molecule has 1 saturated heterocycles. The highest BCUT2D eigenvalue weighted by molar-refractivity contribution is 5.50. The van der Waals surface area contributed by atoms with Crippen LogP contribution in [0.15, 0.2) is 12.1 Å². The molecule has 0 aromatic heterocycles. The van der Waals surface area contributed by atoms with Crippen molar-refractivity contribution < 1.29 is 8.78 Å². The summed E-state index contributed by atoms with van der Waals surface area (Å²) in [7, 11) is 0. The standard InChI is InChI=1S/C14H20F2N2/c1-10-7-12(16)13(8-11(10)15)18-6-4-5-17-14(2,3)9-18/h7-8,17H,4-6,9H2,1-3H3. The van der Waals surface area contributed by atoms with Gasteiger partial charge in [0.2, 0.25) is 0 Å². The first-order valence-electron chi connectivity index (χ1n) is 6.35. The second-order valence-corrected chi connectivity index (χ2v) is 5.64. The van der Waals surface area contributed by atoms with Crippen molar-refractivity contribution in [3.63, 3.8) is 0 Å². The Labute approximate surface area is 107 Å². The van der Waals surface area contributed by atoms with E-state index in [2.05, 4.69) is 19.2 Å². The summed E-state index contributed by atoms with van der Waals surface area (Å²) in [6.07, 6.45) is 0.929. The van der Waals surface area contributed by atoms with Crippen LogP contribution in [-0.2, 0) is 0 Å². The fourth-order valence-corrected chi connectivity index (χ4v) is 2.39. The molecule has 100 valence electrons. The largest absolute Gasteiger partial charge is 0.367 e. The van der Waals surface area contributed by atoms with Crippen LogP contribution in [-0.4, -0.2) is 25.2 Å². The number of rotatable bonds is 1. The molecule has 0 saturated carbocycles. The van der Waals surface area contributed by atoms with Gasteiger partial charge in [-0.25, -0.2) is 8.78 Å². The maximum Gasteiger partial charge on any atom is 0.146 e. The Kier molecular flexibility index (Phi) is 3.57. The Bertz CT molecular complexity index is 444. The third kappa shape index (κ3) is 2.80. The molecule has 1 aliphatic heterocycles. The van der Waals surface area contributed by atoms with E-state index in [0.717, 1.165) is 19.5 Å². The predicted octanol–water partition coefficient (Wildman–Crippen LogP) is 2.85. The smallest absolute Gasteiger partial charge is 0.146 e. The molecular weight excluding hydrogens is 234 g/mol. The fraction of sp³-hybridized carbons (Fsp3) is 0.571. The van der Waals surface area contributed by atoms with E-state index in [9.17, 15) is 8.78 Å². The minimum Gasteiger partial charge on any atom is -0.367 e. The Hall–Kier alpha value is -1.16. The van der Waals surface area contributed by atoms with Gasteiger partial charge in [-0.3, -0.25) is 0 Å². The van der Waals surface area contributed by atoms with Gasteiger partial charge >= 0.3 is 0 Å². The maximum atomic E-state index is 14.0. The lowest BCUT2D eigenvalue weighted by Crippen LogP contribution is -2.46. The molecule has 1 heterocycles. The topological polar surface area (TPSA) is 15.3 Å². The van der Waals surface area contributed by atoms with E-state index >= 15 is 0 Å². The molecule has 0 unspecified atom stereocenters. The van der Waals surface area contributed by atoms with E-state index in [1.807, 2.05) is 4.90 Å². The molecule has 2 rings (SSSR count). The molecule has 0 aliphatic carbocycles. The van der Waals surface area contributed by atoms with Crippen molar-refractivity contribution in [2.75, 3.05) is 24.5 Å². The minimum absolute atomic E-state index is 0.0930. The zero-order chi connectivity index (χ0) is 13.3. The average Bonchev–Trinajstić information content (AvgIpc) is 2.44. The van der Waals surface area contributed by atoms with Gasteiger partial charge in [0.15, 0.2) is 0 Å². The second kappa shape index (κ2) is 4.84. The molecule has 1 aromatic rings. The first kappa shape index (κ1) is 13.3. The van der Waals surface area contributed by atoms with E-state index in [1.165, 1.54) is 12.1 Å². The molecule has 1 N–H and O–H groups in total. The van der Waals surface area contributed by atoms with Gasteiger partial charge in [0, 0.05) is 24.7 Å². The van der Waals surface area contributed by atoms with Crippen LogP contribution in [0.3, 0.4) is 0 Å². The summed E-state index contributed by atoms with van der Waals surface area (Å²) in [5, 5.41) is 3.41. The molecule has 0 bridgehead atoms. The zero-order valence-electron chi connectivity index (χ0n) is 11.2. The molecule has 1 aliphatic rings. The lowest BCUT2D eigenvalue weighted by Gasteiger charge is -2.31. The molecule has 0 spiro atoms. The molecule has 4 heteroatoms. The number of nitrogens with one attached hydrogen (secondary N) is 1. The summed E-state index contributed by atoms with van der Waals surface area (Å²) in [6.45, 7) is 8.05. The lowest BCUT2D eigenvalue weighted by molar-refractivity contribution is 0.415. The van der Waals surface area contributed by atoms with E-state index in [0.29, 0.717) is 17.8 Å². The van der Waals surface area contributed by atoms with Gasteiger partial charge in [-0.1, -0.05) is 0 Å². The van der Waals surface area contributed by atoms with Crippen molar-refractivity contribution in [1.82, 2.24) is 5.32 Å². The van der Waals surface area contributed by atoms with Gasteiger partial charge in [-0.05, 0) is 45.4 Å². The van der Waals surface area contributed by atoms with Gasteiger partial charge in [0.05, 0.1) is 5.69 Å². The third-order valence-corrected chi connectivity index (χ3v) is 3.36. The average molecular weight is 254 g/mol. The van der Waals surface area contributed by atoms with Crippen molar-refractivity contribution in [3.8, 4) is 0 Å². The Morgan fingerprint density at radius 1 is 1.22 bits per heavy atom. The fourth-order valence-electron chi connectivity index (χ4n) is 2.39. The minimum atomic E-state index is -0.346. The number of hydrogen-bond acceptors (Lipinski definition) is 2. The molecule has 0 amide bonds. The number of benzene rings is 1. The Morgan fingerprint density at radius 2 is 1.94 bits per heavy atom. The van der Waals surface area contributed by atoms with Gasteiger partial charge in [-0.2, -0.15) is 0 Å². The number of halogens is 2. The summed E-state index contributed by atoms with van der Waals surface area (Å²) >= 11 is 0. The summed E-state index contributed by atoms with van der Waals surface area (Å²) in [4.78, 5) is 1.93. The van der Waals surface area contributed by atoms with Crippen LogP contribution >= 0.6 is 0 Å². The zero-order valence-corrected chi connectivity index (χ0v) is 11.2. The first-order valence-corrected chi connectivity index (χ1v) is 6.35. The Morgan fingerprint density at radius 3 is 2.67 bits per heavy atom. The quantitative estimate of drug-likeness (QED) is 0.829. The molecule has 1 fully saturated rings.